The van der Waals surface area contributed by atoms with E-state index in [1.165, 1.54) is 0 Å². The molecule has 1 atom stereocenters. The van der Waals surface area contributed by atoms with Gasteiger partial charge in [0.25, 0.3) is 0 Å². The van der Waals surface area contributed by atoms with Crippen LogP contribution in [0.4, 0.5) is 0 Å². The van der Waals surface area contributed by atoms with Crippen LogP contribution in [0.2, 0.25) is 0 Å². The van der Waals surface area contributed by atoms with Crippen molar-refractivity contribution in [2.45, 2.75) is 32.5 Å². The van der Waals surface area contributed by atoms with E-state index in [1.807, 2.05) is 31.2 Å². The maximum atomic E-state index is 12.6. The molecular formula is C20H26N4O4. The van der Waals surface area contributed by atoms with Crippen molar-refractivity contribution in [3.63, 3.8) is 0 Å². The van der Waals surface area contributed by atoms with Crippen LogP contribution >= 0.6 is 0 Å². The van der Waals surface area contributed by atoms with Crippen molar-refractivity contribution >= 4 is 11.8 Å². The predicted molar refractivity (Wildman–Crippen MR) is 102 cm³/mol. The molecule has 28 heavy (non-hydrogen) atoms. The lowest BCUT2D eigenvalue weighted by molar-refractivity contribution is -0.138. The van der Waals surface area contributed by atoms with Crippen molar-refractivity contribution in [3.8, 4) is 5.75 Å². The molecule has 1 aliphatic rings. The van der Waals surface area contributed by atoms with Crippen LogP contribution in [0.5, 0.6) is 5.75 Å². The fourth-order valence-electron chi connectivity index (χ4n) is 3.23. The van der Waals surface area contributed by atoms with Crippen molar-refractivity contribution in [1.82, 2.24) is 20.3 Å². The maximum absolute atomic E-state index is 12.6. The highest BCUT2D eigenvalue weighted by Gasteiger charge is 2.32. The second kappa shape index (κ2) is 9.36. The van der Waals surface area contributed by atoms with Crippen LogP contribution in [0.3, 0.4) is 0 Å². The van der Waals surface area contributed by atoms with Gasteiger partial charge >= 0.3 is 0 Å². The summed E-state index contributed by atoms with van der Waals surface area (Å²) in [7, 11) is 1.70. The van der Waals surface area contributed by atoms with Gasteiger partial charge in [0, 0.05) is 32.7 Å². The van der Waals surface area contributed by atoms with Gasteiger partial charge in [0.15, 0.2) is 5.76 Å². The predicted octanol–water partition coefficient (Wildman–Crippen LogP) is 1.42. The molecule has 1 fully saturated rings. The minimum absolute atomic E-state index is 0.112. The molecule has 2 heterocycles. The van der Waals surface area contributed by atoms with Crippen molar-refractivity contribution in [2.24, 2.45) is 0 Å². The molecule has 150 valence electrons. The van der Waals surface area contributed by atoms with Crippen LogP contribution in [-0.2, 0) is 22.7 Å². The number of nitrogens with zero attached hydrogens (tertiary/aromatic N) is 3. The highest BCUT2D eigenvalue weighted by Crippen LogP contribution is 2.18. The van der Waals surface area contributed by atoms with Gasteiger partial charge in [0.05, 0.1) is 31.8 Å². The van der Waals surface area contributed by atoms with E-state index in [2.05, 4.69) is 15.4 Å². The Morgan fingerprint density at radius 1 is 1.36 bits per heavy atom. The molecule has 3 rings (SSSR count). The van der Waals surface area contributed by atoms with Crippen molar-refractivity contribution in [1.29, 1.82) is 0 Å². The first kappa shape index (κ1) is 19.9. The summed E-state index contributed by atoms with van der Waals surface area (Å²) in [6, 6.07) is 9.06. The average molecular weight is 386 g/mol. The Kier molecular flexibility index (Phi) is 6.65. The number of benzene rings is 1. The third kappa shape index (κ3) is 5.10. The largest absolute Gasteiger partial charge is 0.494 e. The van der Waals surface area contributed by atoms with E-state index in [1.54, 1.807) is 24.2 Å². The van der Waals surface area contributed by atoms with E-state index in [0.717, 1.165) is 11.3 Å². The summed E-state index contributed by atoms with van der Waals surface area (Å²) in [5, 5.41) is 6.51. The fraction of sp³-hybridized carbons (Fsp3) is 0.450. The Morgan fingerprint density at radius 2 is 2.14 bits per heavy atom. The molecule has 0 bridgehead atoms. The number of rotatable bonds is 8. The van der Waals surface area contributed by atoms with Gasteiger partial charge in [-0.2, -0.15) is 0 Å². The number of carbonyl (C=O) groups excluding carboxylic acids is 2. The molecular weight excluding hydrogens is 360 g/mol. The summed E-state index contributed by atoms with van der Waals surface area (Å²) in [4.78, 5) is 28.7. The Balaban J connectivity index is 1.63. The zero-order valence-electron chi connectivity index (χ0n) is 16.3. The van der Waals surface area contributed by atoms with Crippen LogP contribution in [0.1, 0.15) is 24.7 Å². The topological polar surface area (TPSA) is 87.9 Å². The molecule has 1 aromatic carbocycles. The van der Waals surface area contributed by atoms with Gasteiger partial charge in [-0.25, -0.2) is 0 Å². The average Bonchev–Trinajstić information content (AvgIpc) is 3.19. The van der Waals surface area contributed by atoms with Gasteiger partial charge in [0.1, 0.15) is 5.75 Å². The molecule has 0 saturated carbocycles. The molecule has 2 amide bonds. The zero-order valence-corrected chi connectivity index (χ0v) is 16.3. The molecule has 8 nitrogen and oxygen atoms in total. The van der Waals surface area contributed by atoms with E-state index >= 15 is 0 Å². The number of aromatic nitrogens is 1. The quantitative estimate of drug-likeness (QED) is 0.738. The third-order valence-electron chi connectivity index (χ3n) is 4.74. The van der Waals surface area contributed by atoms with E-state index in [0.29, 0.717) is 38.5 Å². The van der Waals surface area contributed by atoms with Gasteiger partial charge in [0.2, 0.25) is 11.8 Å². The summed E-state index contributed by atoms with van der Waals surface area (Å²) < 4.78 is 10.5. The van der Waals surface area contributed by atoms with E-state index in [-0.39, 0.29) is 18.2 Å². The Hall–Kier alpha value is -2.87. The number of hydrogen-bond donors (Lipinski definition) is 1. The number of amides is 2. The van der Waals surface area contributed by atoms with Crippen molar-refractivity contribution in [3.05, 3.63) is 47.9 Å². The van der Waals surface area contributed by atoms with Gasteiger partial charge in [-0.3, -0.25) is 14.5 Å². The minimum Gasteiger partial charge on any atom is -0.494 e. The molecule has 2 aromatic rings. The second-order valence-corrected chi connectivity index (χ2v) is 6.79. The molecule has 0 aliphatic carbocycles. The van der Waals surface area contributed by atoms with E-state index in [9.17, 15) is 9.59 Å². The number of hydrogen-bond acceptors (Lipinski definition) is 6. The highest BCUT2D eigenvalue weighted by atomic mass is 16.5. The lowest BCUT2D eigenvalue weighted by atomic mass is 10.1. The summed E-state index contributed by atoms with van der Waals surface area (Å²) in [6.07, 6.45) is 1.66. The van der Waals surface area contributed by atoms with Crippen LogP contribution in [0, 0.1) is 0 Å². The molecule has 8 heteroatoms. The lowest BCUT2D eigenvalue weighted by Gasteiger charge is -2.35. The van der Waals surface area contributed by atoms with Gasteiger partial charge < -0.3 is 19.5 Å². The first-order valence-corrected chi connectivity index (χ1v) is 9.44. The number of nitrogens with one attached hydrogen (secondary N) is 1. The van der Waals surface area contributed by atoms with Crippen LogP contribution in [0.25, 0.3) is 0 Å². The molecule has 0 unspecified atom stereocenters. The van der Waals surface area contributed by atoms with Crippen LogP contribution in [0.15, 0.2) is 41.1 Å². The van der Waals surface area contributed by atoms with Gasteiger partial charge in [-0.15, -0.1) is 0 Å². The molecule has 1 aliphatic heterocycles. The zero-order chi connectivity index (χ0) is 19.9. The van der Waals surface area contributed by atoms with Gasteiger partial charge in [-0.1, -0.05) is 17.3 Å². The molecule has 0 spiro atoms. The summed E-state index contributed by atoms with van der Waals surface area (Å²) in [5.41, 5.74) is 1.07. The van der Waals surface area contributed by atoms with Gasteiger partial charge in [-0.05, 0) is 24.6 Å². The Morgan fingerprint density at radius 3 is 2.82 bits per heavy atom. The smallest absolute Gasteiger partial charge is 0.237 e. The lowest BCUT2D eigenvalue weighted by Crippen LogP contribution is -2.56. The van der Waals surface area contributed by atoms with E-state index < -0.39 is 6.04 Å². The van der Waals surface area contributed by atoms with Crippen molar-refractivity contribution in [2.75, 3.05) is 26.7 Å². The summed E-state index contributed by atoms with van der Waals surface area (Å²) in [6.45, 7) is 4.77. The number of piperazine rings is 1. The standard InChI is InChI=1S/C20H26N4O4/c1-3-27-16-6-4-15(5-7-16)13-24-11-10-21-20(26)18(24)12-19(25)23(2)14-17-8-9-22-28-17/h4-9,18H,3,10-14H2,1-2H3,(H,21,26)/t18-/m1/s1. The monoisotopic (exact) mass is 386 g/mol. The molecule has 0 radical (unpaired) electrons. The second-order valence-electron chi connectivity index (χ2n) is 6.79. The van der Waals surface area contributed by atoms with E-state index in [4.69, 9.17) is 9.26 Å². The number of carbonyl (C=O) groups is 2. The Bertz CT molecular complexity index is 776. The Labute approximate surface area is 164 Å². The highest BCUT2D eigenvalue weighted by molar-refractivity contribution is 5.88. The first-order chi connectivity index (χ1) is 13.6. The molecule has 1 saturated heterocycles. The maximum Gasteiger partial charge on any atom is 0.237 e. The van der Waals surface area contributed by atoms with Crippen LogP contribution in [-0.4, -0.2) is 59.6 Å². The first-order valence-electron chi connectivity index (χ1n) is 9.44. The summed E-state index contributed by atoms with van der Waals surface area (Å²) in [5.74, 6) is 1.20. The SMILES string of the molecule is CCOc1ccc(CN2CCNC(=O)[C@H]2CC(=O)N(C)Cc2ccno2)cc1. The normalized spacial score (nSPS) is 17.2. The summed E-state index contributed by atoms with van der Waals surface area (Å²) >= 11 is 0. The van der Waals surface area contributed by atoms with Crippen molar-refractivity contribution < 1.29 is 18.8 Å². The number of ether oxygens (including phenoxy) is 1. The van der Waals surface area contributed by atoms with Crippen LogP contribution < -0.4 is 10.1 Å². The minimum atomic E-state index is -0.495. The fourth-order valence-corrected chi connectivity index (χ4v) is 3.23. The molecule has 1 N–H and O–H groups in total. The third-order valence-corrected chi connectivity index (χ3v) is 4.74. The molecule has 1 aromatic heterocycles.